The molecule has 0 fully saturated rings. The smallest absolute Gasteiger partial charge is 0.351 e. The topological polar surface area (TPSA) is 104 Å². The molecule has 0 bridgehead atoms. The molecule has 3 aromatic rings. The monoisotopic (exact) mass is 382 g/mol. The van der Waals surface area contributed by atoms with Crippen LogP contribution in [-0.2, 0) is 7.05 Å². The van der Waals surface area contributed by atoms with Gasteiger partial charge in [0.2, 0.25) is 5.69 Å². The lowest BCUT2D eigenvalue weighted by molar-refractivity contribution is 0.101. The van der Waals surface area contributed by atoms with Gasteiger partial charge < -0.3 is 14.8 Å². The zero-order chi connectivity index (χ0) is 20.3. The summed E-state index contributed by atoms with van der Waals surface area (Å²) in [6, 6.07) is 13.3. The van der Waals surface area contributed by atoms with Crippen molar-refractivity contribution in [3.63, 3.8) is 0 Å². The summed E-state index contributed by atoms with van der Waals surface area (Å²) in [5, 5.41) is 6.56. The number of aromatic nitrogens is 3. The van der Waals surface area contributed by atoms with Crippen molar-refractivity contribution >= 4 is 11.6 Å². The van der Waals surface area contributed by atoms with Gasteiger partial charge in [-0.25, -0.2) is 4.79 Å². The number of carbonyl (C=O) groups is 1. The molecule has 2 aromatic carbocycles. The Labute approximate surface area is 159 Å². The lowest BCUT2D eigenvalue weighted by Crippen LogP contribution is -2.43. The van der Waals surface area contributed by atoms with Crippen molar-refractivity contribution in [3.05, 3.63) is 75.1 Å². The summed E-state index contributed by atoms with van der Waals surface area (Å²) in [7, 11) is 4.26. The molecule has 0 saturated carbocycles. The second-order valence-electron chi connectivity index (χ2n) is 5.77. The fraction of sp³-hybridized carbons (Fsp3) is 0.158. The van der Waals surface area contributed by atoms with Gasteiger partial charge >= 0.3 is 5.69 Å². The van der Waals surface area contributed by atoms with E-state index in [9.17, 15) is 14.4 Å². The predicted molar refractivity (Wildman–Crippen MR) is 103 cm³/mol. The summed E-state index contributed by atoms with van der Waals surface area (Å²) in [4.78, 5) is 37.5. The highest BCUT2D eigenvalue weighted by Gasteiger charge is 2.19. The van der Waals surface area contributed by atoms with Crippen LogP contribution in [0.15, 0.2) is 58.1 Å². The zero-order valence-electron chi connectivity index (χ0n) is 15.5. The van der Waals surface area contributed by atoms with Crippen molar-refractivity contribution in [1.29, 1.82) is 0 Å². The molecule has 1 N–H and O–H groups in total. The summed E-state index contributed by atoms with van der Waals surface area (Å²) in [6.07, 6.45) is 0. The molecular weight excluding hydrogens is 364 g/mol. The normalized spacial score (nSPS) is 10.4. The predicted octanol–water partition coefficient (Wildman–Crippen LogP) is 1.20. The van der Waals surface area contributed by atoms with Crippen LogP contribution in [0.1, 0.15) is 10.5 Å². The van der Waals surface area contributed by atoms with Crippen LogP contribution >= 0.6 is 0 Å². The zero-order valence-corrected chi connectivity index (χ0v) is 15.5. The molecule has 144 valence electrons. The van der Waals surface area contributed by atoms with Crippen LogP contribution in [0.2, 0.25) is 0 Å². The minimum Gasteiger partial charge on any atom is -0.493 e. The van der Waals surface area contributed by atoms with Gasteiger partial charge in [-0.3, -0.25) is 14.2 Å². The molecule has 0 aliphatic carbocycles. The molecule has 1 amide bonds. The van der Waals surface area contributed by atoms with Crippen molar-refractivity contribution in [2.45, 2.75) is 0 Å². The average Bonchev–Trinajstić information content (AvgIpc) is 2.72. The van der Waals surface area contributed by atoms with E-state index in [0.717, 1.165) is 9.25 Å². The molecule has 0 saturated heterocycles. The Morgan fingerprint density at radius 3 is 2.32 bits per heavy atom. The SMILES string of the molecule is COc1ccc(NC(=O)c2nn(-c3ccccc3)c(=O)n(C)c2=O)cc1OC. The molecule has 0 atom stereocenters. The van der Waals surface area contributed by atoms with Gasteiger partial charge in [0, 0.05) is 18.8 Å². The van der Waals surface area contributed by atoms with E-state index >= 15 is 0 Å². The van der Waals surface area contributed by atoms with Gasteiger partial charge in [0.25, 0.3) is 11.5 Å². The van der Waals surface area contributed by atoms with Gasteiger partial charge in [-0.15, -0.1) is 0 Å². The molecule has 0 unspecified atom stereocenters. The fourth-order valence-electron chi connectivity index (χ4n) is 2.56. The molecule has 3 rings (SSSR count). The number of nitrogens with zero attached hydrogens (tertiary/aromatic N) is 3. The van der Waals surface area contributed by atoms with Gasteiger partial charge in [-0.1, -0.05) is 18.2 Å². The number of para-hydroxylation sites is 1. The van der Waals surface area contributed by atoms with Gasteiger partial charge in [0.15, 0.2) is 11.5 Å². The van der Waals surface area contributed by atoms with E-state index < -0.39 is 22.9 Å². The number of nitrogens with one attached hydrogen (secondary N) is 1. The minimum absolute atomic E-state index is 0.379. The summed E-state index contributed by atoms with van der Waals surface area (Å²) in [5.41, 5.74) is -1.05. The van der Waals surface area contributed by atoms with Crippen molar-refractivity contribution in [3.8, 4) is 17.2 Å². The van der Waals surface area contributed by atoms with Crippen molar-refractivity contribution < 1.29 is 14.3 Å². The Morgan fingerprint density at radius 1 is 1.00 bits per heavy atom. The number of carbonyl (C=O) groups excluding carboxylic acids is 1. The van der Waals surface area contributed by atoms with Crippen LogP contribution in [0.25, 0.3) is 5.69 Å². The highest BCUT2D eigenvalue weighted by Crippen LogP contribution is 2.29. The van der Waals surface area contributed by atoms with Gasteiger partial charge in [-0.05, 0) is 24.3 Å². The van der Waals surface area contributed by atoms with Gasteiger partial charge in [0.1, 0.15) is 0 Å². The minimum atomic E-state index is -0.796. The number of rotatable bonds is 5. The number of benzene rings is 2. The van der Waals surface area contributed by atoms with E-state index in [1.807, 2.05) is 0 Å². The first kappa shape index (κ1) is 18.9. The van der Waals surface area contributed by atoms with Crippen molar-refractivity contribution in [1.82, 2.24) is 14.3 Å². The van der Waals surface area contributed by atoms with Crippen molar-refractivity contribution in [2.24, 2.45) is 7.05 Å². The molecule has 9 nitrogen and oxygen atoms in total. The van der Waals surface area contributed by atoms with E-state index in [2.05, 4.69) is 10.4 Å². The van der Waals surface area contributed by atoms with Gasteiger partial charge in [0.05, 0.1) is 19.9 Å². The third-order valence-corrected chi connectivity index (χ3v) is 4.03. The second-order valence-corrected chi connectivity index (χ2v) is 5.77. The van der Waals surface area contributed by atoms with E-state index in [1.54, 1.807) is 48.5 Å². The van der Waals surface area contributed by atoms with Crippen LogP contribution in [0.3, 0.4) is 0 Å². The fourth-order valence-corrected chi connectivity index (χ4v) is 2.56. The number of hydrogen-bond donors (Lipinski definition) is 1. The Bertz CT molecular complexity index is 1140. The molecule has 1 aromatic heterocycles. The molecular formula is C19H18N4O5. The lowest BCUT2D eigenvalue weighted by Gasteiger charge is -2.11. The molecule has 0 spiro atoms. The molecule has 9 heteroatoms. The summed E-state index contributed by atoms with van der Waals surface area (Å²) >= 11 is 0. The number of ether oxygens (including phenoxy) is 2. The van der Waals surface area contributed by atoms with E-state index in [-0.39, 0.29) is 0 Å². The Morgan fingerprint density at radius 2 is 1.68 bits per heavy atom. The van der Waals surface area contributed by atoms with Crippen LogP contribution in [0.5, 0.6) is 11.5 Å². The molecule has 0 aliphatic rings. The van der Waals surface area contributed by atoms with E-state index in [4.69, 9.17) is 9.47 Å². The second kappa shape index (κ2) is 7.78. The quantitative estimate of drug-likeness (QED) is 0.711. The summed E-state index contributed by atoms with van der Waals surface area (Å²) in [6.45, 7) is 0. The maximum Gasteiger partial charge on any atom is 0.351 e. The first-order chi connectivity index (χ1) is 13.5. The molecule has 0 radical (unpaired) electrons. The van der Waals surface area contributed by atoms with Crippen LogP contribution in [0, 0.1) is 0 Å². The number of anilines is 1. The summed E-state index contributed by atoms with van der Waals surface area (Å²) < 4.78 is 12.2. The van der Waals surface area contributed by atoms with Gasteiger partial charge in [-0.2, -0.15) is 9.78 Å². The largest absolute Gasteiger partial charge is 0.493 e. The van der Waals surface area contributed by atoms with E-state index in [0.29, 0.717) is 22.9 Å². The average molecular weight is 382 g/mol. The maximum absolute atomic E-state index is 12.7. The lowest BCUT2D eigenvalue weighted by atomic mass is 10.2. The van der Waals surface area contributed by atoms with Crippen LogP contribution < -0.4 is 26.0 Å². The maximum atomic E-state index is 12.7. The molecule has 0 aliphatic heterocycles. The Kier molecular flexibility index (Phi) is 5.25. The van der Waals surface area contributed by atoms with Crippen molar-refractivity contribution in [2.75, 3.05) is 19.5 Å². The highest BCUT2D eigenvalue weighted by molar-refractivity contribution is 6.02. The summed E-state index contributed by atoms with van der Waals surface area (Å²) in [5.74, 6) is 0.153. The highest BCUT2D eigenvalue weighted by atomic mass is 16.5. The molecule has 28 heavy (non-hydrogen) atoms. The van der Waals surface area contributed by atoms with Crippen LogP contribution in [-0.4, -0.2) is 34.5 Å². The first-order valence-corrected chi connectivity index (χ1v) is 8.25. The Hall–Kier alpha value is -3.88. The first-order valence-electron chi connectivity index (χ1n) is 8.25. The standard InChI is InChI=1S/C19H18N4O5/c1-22-18(25)16(21-23(19(22)26)13-7-5-4-6-8-13)17(24)20-12-9-10-14(27-2)15(11-12)28-3/h4-11H,1-3H3,(H,20,24). The Balaban J connectivity index is 2.02. The number of amides is 1. The number of methoxy groups -OCH3 is 2. The van der Waals surface area contributed by atoms with E-state index in [1.165, 1.54) is 21.3 Å². The third-order valence-electron chi connectivity index (χ3n) is 4.03. The number of hydrogen-bond acceptors (Lipinski definition) is 6. The third kappa shape index (κ3) is 3.50. The van der Waals surface area contributed by atoms with Crippen LogP contribution in [0.4, 0.5) is 5.69 Å². The molecule has 1 heterocycles.